The Balaban J connectivity index is 1.24. The molecule has 3 atom stereocenters. The first-order valence-corrected chi connectivity index (χ1v) is 15.4. The SMILES string of the molecule is COCC(=O)O[C@]1(CCNC(C)[C@H]2CC[C@H](c3nc4ccccc4n3C)CC2)CCc2cc(F)ccc2[C@@H]1C(C)C. The average Bonchev–Trinajstić information content (AvgIpc) is 3.29. The normalized spacial score (nSPS) is 25.3. The van der Waals surface area contributed by atoms with E-state index in [4.69, 9.17) is 14.5 Å². The summed E-state index contributed by atoms with van der Waals surface area (Å²) in [5, 5.41) is 3.81. The molecule has 1 saturated carbocycles. The van der Waals surface area contributed by atoms with Crippen LogP contribution in [0.15, 0.2) is 42.5 Å². The number of nitrogens with one attached hydrogen (secondary N) is 1. The van der Waals surface area contributed by atoms with Crippen molar-refractivity contribution in [3.63, 3.8) is 0 Å². The van der Waals surface area contributed by atoms with Crippen molar-refractivity contribution in [3.05, 3.63) is 65.2 Å². The average molecular weight is 564 g/mol. The molecule has 1 heterocycles. The molecule has 0 saturated heterocycles. The molecule has 1 aromatic heterocycles. The van der Waals surface area contributed by atoms with Gasteiger partial charge in [0.25, 0.3) is 0 Å². The maximum Gasteiger partial charge on any atom is 0.332 e. The van der Waals surface area contributed by atoms with Crippen LogP contribution in [0.4, 0.5) is 4.39 Å². The molecule has 2 aromatic carbocycles. The van der Waals surface area contributed by atoms with E-state index in [2.05, 4.69) is 62.0 Å². The van der Waals surface area contributed by atoms with Gasteiger partial charge in [-0.15, -0.1) is 0 Å². The van der Waals surface area contributed by atoms with Gasteiger partial charge in [-0.05, 0) is 99.2 Å². The Kier molecular flexibility index (Phi) is 9.15. The van der Waals surface area contributed by atoms with E-state index in [1.807, 2.05) is 6.07 Å². The summed E-state index contributed by atoms with van der Waals surface area (Å²) < 4.78 is 27.8. The fourth-order valence-corrected chi connectivity index (χ4v) is 7.75. The van der Waals surface area contributed by atoms with E-state index in [0.717, 1.165) is 36.0 Å². The summed E-state index contributed by atoms with van der Waals surface area (Å²) in [5.74, 6) is 1.98. The molecule has 2 aliphatic carbocycles. The van der Waals surface area contributed by atoms with Gasteiger partial charge in [-0.25, -0.2) is 14.2 Å². The standard InChI is InChI=1S/C34H46FN3O3/c1-22(2)32-28-15-14-27(35)20-26(28)16-17-34(32,41-31(39)21-40-5)18-19-36-23(3)24-10-12-25(13-11-24)33-37-29-8-6-7-9-30(29)38(33)4/h6-9,14-15,20,22-25,32,36H,10-13,16-19,21H2,1-5H3/t23?,24-,25-,32-,34-/m0/s1. The molecule has 5 rings (SSSR count). The predicted octanol–water partition coefficient (Wildman–Crippen LogP) is 6.67. The lowest BCUT2D eigenvalue weighted by molar-refractivity contribution is -0.171. The number of hydrogen-bond acceptors (Lipinski definition) is 5. The minimum absolute atomic E-state index is 0.00602. The van der Waals surface area contributed by atoms with Crippen molar-refractivity contribution in [2.24, 2.45) is 18.9 Å². The van der Waals surface area contributed by atoms with Crippen molar-refractivity contribution in [2.75, 3.05) is 20.3 Å². The van der Waals surface area contributed by atoms with Crippen molar-refractivity contribution < 1.29 is 18.7 Å². The minimum Gasteiger partial charge on any atom is -0.457 e. The molecular formula is C34H46FN3O3. The highest BCUT2D eigenvalue weighted by atomic mass is 19.1. The van der Waals surface area contributed by atoms with Crippen molar-refractivity contribution in [1.82, 2.24) is 14.9 Å². The molecule has 2 aliphatic rings. The molecule has 0 radical (unpaired) electrons. The van der Waals surface area contributed by atoms with Gasteiger partial charge in [-0.1, -0.05) is 32.0 Å². The maximum absolute atomic E-state index is 14.1. The number of fused-ring (bicyclic) bond motifs is 2. The molecule has 0 amide bonds. The number of methoxy groups -OCH3 is 1. The van der Waals surface area contributed by atoms with Gasteiger partial charge in [0.2, 0.25) is 0 Å². The molecule has 1 N–H and O–H groups in total. The maximum atomic E-state index is 14.1. The van der Waals surface area contributed by atoms with E-state index in [1.54, 1.807) is 6.07 Å². The number of ether oxygens (including phenoxy) is 2. The number of esters is 1. The van der Waals surface area contributed by atoms with Gasteiger partial charge < -0.3 is 19.4 Å². The third-order valence-corrected chi connectivity index (χ3v) is 9.75. The summed E-state index contributed by atoms with van der Waals surface area (Å²) in [5.41, 5.74) is 3.76. The third kappa shape index (κ3) is 6.21. The van der Waals surface area contributed by atoms with Crippen LogP contribution in [-0.2, 0) is 27.7 Å². The van der Waals surface area contributed by atoms with Crippen molar-refractivity contribution in [3.8, 4) is 0 Å². The van der Waals surface area contributed by atoms with E-state index in [0.29, 0.717) is 37.1 Å². The monoisotopic (exact) mass is 563 g/mol. The number of imidazole rings is 1. The molecule has 0 bridgehead atoms. The number of nitrogens with zero attached hydrogens (tertiary/aromatic N) is 2. The topological polar surface area (TPSA) is 65.4 Å². The molecule has 7 heteroatoms. The highest BCUT2D eigenvalue weighted by molar-refractivity contribution is 5.76. The van der Waals surface area contributed by atoms with E-state index >= 15 is 0 Å². The molecular weight excluding hydrogens is 517 g/mol. The highest BCUT2D eigenvalue weighted by Crippen LogP contribution is 2.48. The van der Waals surface area contributed by atoms with Gasteiger partial charge in [-0.3, -0.25) is 0 Å². The quantitative estimate of drug-likeness (QED) is 0.279. The van der Waals surface area contributed by atoms with Crippen LogP contribution in [0.5, 0.6) is 0 Å². The summed E-state index contributed by atoms with van der Waals surface area (Å²) in [6, 6.07) is 13.8. The number of carbonyl (C=O) groups is 1. The first-order chi connectivity index (χ1) is 19.7. The van der Waals surface area contributed by atoms with Gasteiger partial charge in [-0.2, -0.15) is 0 Å². The zero-order valence-electron chi connectivity index (χ0n) is 25.3. The fourth-order valence-electron chi connectivity index (χ4n) is 7.75. The van der Waals surface area contributed by atoms with E-state index in [-0.39, 0.29) is 30.2 Å². The number of rotatable bonds is 10. The zero-order chi connectivity index (χ0) is 29.1. The second-order valence-electron chi connectivity index (χ2n) is 12.7. The number of aryl methyl sites for hydroxylation is 2. The van der Waals surface area contributed by atoms with Crippen LogP contribution in [0.3, 0.4) is 0 Å². The Bertz CT molecular complexity index is 1350. The molecule has 222 valence electrons. The van der Waals surface area contributed by atoms with Crippen LogP contribution in [0.2, 0.25) is 0 Å². The van der Waals surface area contributed by atoms with Crippen LogP contribution in [0.1, 0.15) is 88.1 Å². The van der Waals surface area contributed by atoms with Crippen molar-refractivity contribution in [1.29, 1.82) is 0 Å². The molecule has 0 aliphatic heterocycles. The second kappa shape index (κ2) is 12.6. The highest BCUT2D eigenvalue weighted by Gasteiger charge is 2.47. The van der Waals surface area contributed by atoms with Crippen LogP contribution in [0, 0.1) is 17.7 Å². The predicted molar refractivity (Wildman–Crippen MR) is 160 cm³/mol. The second-order valence-corrected chi connectivity index (χ2v) is 12.7. The van der Waals surface area contributed by atoms with Gasteiger partial charge in [0.1, 0.15) is 23.8 Å². The van der Waals surface area contributed by atoms with Crippen LogP contribution in [-0.4, -0.2) is 47.4 Å². The van der Waals surface area contributed by atoms with Gasteiger partial charge in [0, 0.05) is 38.5 Å². The Morgan fingerprint density at radius 1 is 1.15 bits per heavy atom. The zero-order valence-corrected chi connectivity index (χ0v) is 25.3. The van der Waals surface area contributed by atoms with E-state index in [1.165, 1.54) is 37.4 Å². The number of para-hydroxylation sites is 2. The summed E-state index contributed by atoms with van der Waals surface area (Å²) in [6.07, 6.45) is 6.72. The Morgan fingerprint density at radius 2 is 1.90 bits per heavy atom. The van der Waals surface area contributed by atoms with Crippen LogP contribution < -0.4 is 5.32 Å². The molecule has 3 aromatic rings. The Morgan fingerprint density at radius 3 is 2.61 bits per heavy atom. The summed E-state index contributed by atoms with van der Waals surface area (Å²) in [7, 11) is 3.65. The molecule has 6 nitrogen and oxygen atoms in total. The number of halogens is 1. The van der Waals surface area contributed by atoms with E-state index < -0.39 is 5.60 Å². The third-order valence-electron chi connectivity index (χ3n) is 9.75. The minimum atomic E-state index is -0.654. The van der Waals surface area contributed by atoms with Crippen molar-refractivity contribution in [2.45, 2.75) is 89.2 Å². The van der Waals surface area contributed by atoms with Gasteiger partial charge in [0.05, 0.1) is 11.0 Å². The lowest BCUT2D eigenvalue weighted by atomic mass is 9.65. The number of benzene rings is 2. The molecule has 1 unspecified atom stereocenters. The summed E-state index contributed by atoms with van der Waals surface area (Å²) >= 11 is 0. The number of carbonyl (C=O) groups excluding carboxylic acids is 1. The van der Waals surface area contributed by atoms with Gasteiger partial charge in [0.15, 0.2) is 0 Å². The smallest absolute Gasteiger partial charge is 0.332 e. The largest absolute Gasteiger partial charge is 0.457 e. The first kappa shape index (κ1) is 29.7. The summed E-state index contributed by atoms with van der Waals surface area (Å²) in [4.78, 5) is 17.8. The molecule has 0 spiro atoms. The first-order valence-electron chi connectivity index (χ1n) is 15.4. The fraction of sp³-hybridized carbons (Fsp3) is 0.588. The van der Waals surface area contributed by atoms with E-state index in [9.17, 15) is 9.18 Å². The lowest BCUT2D eigenvalue weighted by Gasteiger charge is -2.47. The lowest BCUT2D eigenvalue weighted by Crippen LogP contribution is -2.49. The molecule has 41 heavy (non-hydrogen) atoms. The molecule has 1 fully saturated rings. The van der Waals surface area contributed by atoms with Crippen molar-refractivity contribution >= 4 is 17.0 Å². The number of hydrogen-bond donors (Lipinski definition) is 1. The Labute approximate surface area is 244 Å². The number of aromatic nitrogens is 2. The Hall–Kier alpha value is -2.77. The van der Waals surface area contributed by atoms with Crippen LogP contribution >= 0.6 is 0 Å². The van der Waals surface area contributed by atoms with Crippen LogP contribution in [0.25, 0.3) is 11.0 Å². The summed E-state index contributed by atoms with van der Waals surface area (Å²) in [6.45, 7) is 7.32. The van der Waals surface area contributed by atoms with Gasteiger partial charge >= 0.3 is 5.97 Å².